The second-order valence-corrected chi connectivity index (χ2v) is 7.56. The number of aryl methyl sites for hydroxylation is 1. The number of para-hydroxylation sites is 2. The summed E-state index contributed by atoms with van der Waals surface area (Å²) in [6, 6.07) is 16.0. The highest BCUT2D eigenvalue weighted by molar-refractivity contribution is 5.72. The van der Waals surface area contributed by atoms with E-state index in [1.165, 1.54) is 5.56 Å². The number of β-amino-alcohol motifs (C(OH)–C–C–N with tert-alkyl or cyclic N) is 1. The quantitative estimate of drug-likeness (QED) is 0.671. The summed E-state index contributed by atoms with van der Waals surface area (Å²) in [5, 5.41) is 10.3. The van der Waals surface area contributed by atoms with Crippen LogP contribution in [0.5, 0.6) is 5.75 Å². The Hall–Kier alpha value is -2.37. The van der Waals surface area contributed by atoms with E-state index in [-0.39, 0.29) is 0 Å². The molecule has 28 heavy (non-hydrogen) atoms. The minimum Gasteiger partial charge on any atom is -0.491 e. The van der Waals surface area contributed by atoms with Crippen molar-refractivity contribution in [2.75, 3.05) is 26.2 Å². The summed E-state index contributed by atoms with van der Waals surface area (Å²) in [6.45, 7) is 4.95. The van der Waals surface area contributed by atoms with E-state index in [9.17, 15) is 5.11 Å². The number of nitrogens with zero attached hydrogens (tertiary/aromatic N) is 2. The Morgan fingerprint density at radius 3 is 2.61 bits per heavy atom. The van der Waals surface area contributed by atoms with Crippen molar-refractivity contribution in [1.82, 2.24) is 9.88 Å². The molecule has 1 aliphatic rings. The van der Waals surface area contributed by atoms with Gasteiger partial charge in [0.15, 0.2) is 11.5 Å². The van der Waals surface area contributed by atoms with Crippen LogP contribution in [0.15, 0.2) is 52.9 Å². The minimum atomic E-state index is -0.494. The first-order valence-corrected chi connectivity index (χ1v) is 10.2. The smallest absolute Gasteiger partial charge is 0.198 e. The molecule has 1 unspecified atom stereocenters. The lowest BCUT2D eigenvalue weighted by atomic mass is 9.96. The second kappa shape index (κ2) is 8.76. The van der Waals surface area contributed by atoms with Crippen LogP contribution < -0.4 is 4.74 Å². The number of hydrogen-bond donors (Lipinski definition) is 1. The van der Waals surface area contributed by atoms with Gasteiger partial charge in [0.05, 0.1) is 0 Å². The zero-order valence-electron chi connectivity index (χ0n) is 16.4. The van der Waals surface area contributed by atoms with Gasteiger partial charge in [0.2, 0.25) is 0 Å². The van der Waals surface area contributed by atoms with Crippen LogP contribution in [0.25, 0.3) is 11.1 Å². The van der Waals surface area contributed by atoms with Crippen molar-refractivity contribution < 1.29 is 14.3 Å². The molecular formula is C23H28N2O3. The molecule has 1 aliphatic heterocycles. The average molecular weight is 380 g/mol. The molecule has 1 fully saturated rings. The topological polar surface area (TPSA) is 58.7 Å². The third-order valence-electron chi connectivity index (χ3n) is 5.49. The third kappa shape index (κ3) is 4.54. The van der Waals surface area contributed by atoms with Gasteiger partial charge in [0.1, 0.15) is 24.0 Å². The SMILES string of the molecule is CCc1ccc(OCC(O)CN2CCC(c3nc4ccccc4o3)CC2)cc1. The van der Waals surface area contributed by atoms with Gasteiger partial charge >= 0.3 is 0 Å². The normalized spacial score (nSPS) is 17.1. The van der Waals surface area contributed by atoms with Crippen molar-refractivity contribution in [3.63, 3.8) is 0 Å². The summed E-state index contributed by atoms with van der Waals surface area (Å²) in [7, 11) is 0. The van der Waals surface area contributed by atoms with Gasteiger partial charge in [-0.25, -0.2) is 4.98 Å². The second-order valence-electron chi connectivity index (χ2n) is 7.56. The maximum absolute atomic E-state index is 10.3. The fourth-order valence-electron chi connectivity index (χ4n) is 3.79. The van der Waals surface area contributed by atoms with E-state index in [0.717, 1.165) is 55.1 Å². The molecule has 0 spiro atoms. The van der Waals surface area contributed by atoms with Gasteiger partial charge in [-0.3, -0.25) is 0 Å². The first kappa shape index (κ1) is 19.0. The molecule has 4 rings (SSSR count). The van der Waals surface area contributed by atoms with Crippen molar-refractivity contribution in [2.24, 2.45) is 0 Å². The van der Waals surface area contributed by atoms with Crippen LogP contribution in [0, 0.1) is 0 Å². The molecule has 1 aromatic heterocycles. The summed E-state index contributed by atoms with van der Waals surface area (Å²) in [5.41, 5.74) is 3.08. The molecule has 148 valence electrons. The van der Waals surface area contributed by atoms with Crippen LogP contribution in [0.2, 0.25) is 0 Å². The number of fused-ring (bicyclic) bond motifs is 1. The maximum Gasteiger partial charge on any atom is 0.198 e. The van der Waals surface area contributed by atoms with Crippen LogP contribution in [0.4, 0.5) is 0 Å². The van der Waals surface area contributed by atoms with E-state index in [1.54, 1.807) is 0 Å². The Morgan fingerprint density at radius 2 is 1.89 bits per heavy atom. The lowest BCUT2D eigenvalue weighted by molar-refractivity contribution is 0.0583. The molecule has 0 aliphatic carbocycles. The van der Waals surface area contributed by atoms with Gasteiger partial charge in [-0.15, -0.1) is 0 Å². The number of hydrogen-bond acceptors (Lipinski definition) is 5. The highest BCUT2D eigenvalue weighted by Crippen LogP contribution is 2.29. The van der Waals surface area contributed by atoms with E-state index >= 15 is 0 Å². The molecule has 0 amide bonds. The fraction of sp³-hybridized carbons (Fsp3) is 0.435. The molecule has 1 N–H and O–H groups in total. The van der Waals surface area contributed by atoms with Crippen LogP contribution in [0.3, 0.4) is 0 Å². The molecule has 5 nitrogen and oxygen atoms in total. The number of aliphatic hydroxyl groups excluding tert-OH is 1. The van der Waals surface area contributed by atoms with Gasteiger partial charge in [0.25, 0.3) is 0 Å². The minimum absolute atomic E-state index is 0.316. The summed E-state index contributed by atoms with van der Waals surface area (Å²) in [5.74, 6) is 2.01. The number of ether oxygens (including phenoxy) is 1. The number of oxazole rings is 1. The largest absolute Gasteiger partial charge is 0.491 e. The Balaban J connectivity index is 1.23. The highest BCUT2D eigenvalue weighted by Gasteiger charge is 2.25. The fourth-order valence-corrected chi connectivity index (χ4v) is 3.79. The molecule has 0 radical (unpaired) electrons. The van der Waals surface area contributed by atoms with Gasteiger partial charge < -0.3 is 19.2 Å². The summed E-state index contributed by atoms with van der Waals surface area (Å²) < 4.78 is 11.7. The van der Waals surface area contributed by atoms with Gasteiger partial charge in [0, 0.05) is 12.5 Å². The summed E-state index contributed by atoms with van der Waals surface area (Å²) in [6.07, 6.45) is 2.52. The summed E-state index contributed by atoms with van der Waals surface area (Å²) in [4.78, 5) is 6.94. The highest BCUT2D eigenvalue weighted by atomic mass is 16.5. The number of aliphatic hydroxyl groups is 1. The van der Waals surface area contributed by atoms with Crippen molar-refractivity contribution in [3.05, 3.63) is 60.0 Å². The molecule has 2 heterocycles. The molecular weight excluding hydrogens is 352 g/mol. The van der Waals surface area contributed by atoms with E-state index in [2.05, 4.69) is 28.9 Å². The van der Waals surface area contributed by atoms with Crippen molar-refractivity contribution in [2.45, 2.75) is 38.2 Å². The maximum atomic E-state index is 10.3. The van der Waals surface area contributed by atoms with Crippen molar-refractivity contribution >= 4 is 11.1 Å². The Morgan fingerprint density at radius 1 is 1.14 bits per heavy atom. The standard InChI is InChI=1S/C23H28N2O3/c1-2-17-7-9-20(10-8-17)27-16-19(26)15-25-13-11-18(12-14-25)23-24-21-5-3-4-6-22(21)28-23/h3-10,18-19,26H,2,11-16H2,1H3. The van der Waals surface area contributed by atoms with Gasteiger partial charge in [-0.05, 0) is 62.2 Å². The summed E-state index contributed by atoms with van der Waals surface area (Å²) >= 11 is 0. The van der Waals surface area contributed by atoms with E-state index in [1.807, 2.05) is 36.4 Å². The number of piperidine rings is 1. The third-order valence-corrected chi connectivity index (χ3v) is 5.49. The Kier molecular flexibility index (Phi) is 5.93. The zero-order valence-corrected chi connectivity index (χ0v) is 16.4. The lowest BCUT2D eigenvalue weighted by Crippen LogP contribution is -2.40. The number of likely N-dealkylation sites (tertiary alicyclic amines) is 1. The Labute approximate surface area is 165 Å². The van der Waals surface area contributed by atoms with E-state index < -0.39 is 6.10 Å². The van der Waals surface area contributed by atoms with Crippen molar-refractivity contribution in [1.29, 1.82) is 0 Å². The number of aromatic nitrogens is 1. The zero-order chi connectivity index (χ0) is 19.3. The predicted octanol–water partition coefficient (Wildman–Crippen LogP) is 4.01. The Bertz CT molecular complexity index is 849. The first-order chi connectivity index (χ1) is 13.7. The molecule has 3 aromatic rings. The van der Waals surface area contributed by atoms with Crippen molar-refractivity contribution in [3.8, 4) is 5.75 Å². The first-order valence-electron chi connectivity index (χ1n) is 10.2. The van der Waals surface area contributed by atoms with Crippen LogP contribution in [0.1, 0.15) is 37.1 Å². The molecule has 1 saturated heterocycles. The predicted molar refractivity (Wildman–Crippen MR) is 110 cm³/mol. The lowest BCUT2D eigenvalue weighted by Gasteiger charge is -2.31. The van der Waals surface area contributed by atoms with Crippen LogP contribution in [-0.2, 0) is 6.42 Å². The number of benzene rings is 2. The monoisotopic (exact) mass is 380 g/mol. The molecule has 1 atom stereocenters. The molecule has 2 aromatic carbocycles. The molecule has 5 heteroatoms. The number of rotatable bonds is 7. The van der Waals surface area contributed by atoms with Crippen LogP contribution >= 0.6 is 0 Å². The van der Waals surface area contributed by atoms with E-state index in [4.69, 9.17) is 9.15 Å². The van der Waals surface area contributed by atoms with Gasteiger partial charge in [-0.1, -0.05) is 31.2 Å². The van der Waals surface area contributed by atoms with Crippen LogP contribution in [-0.4, -0.2) is 47.3 Å². The molecule has 0 saturated carbocycles. The van der Waals surface area contributed by atoms with Gasteiger partial charge in [-0.2, -0.15) is 0 Å². The van der Waals surface area contributed by atoms with E-state index in [0.29, 0.717) is 19.1 Å². The molecule has 0 bridgehead atoms. The average Bonchev–Trinajstić information content (AvgIpc) is 3.17.